The number of imidazole rings is 1. The van der Waals surface area contributed by atoms with E-state index in [1.807, 2.05) is 0 Å². The van der Waals surface area contributed by atoms with Gasteiger partial charge in [0, 0.05) is 11.9 Å². The fraction of sp³-hybridized carbons (Fsp3) is 0.286. The Hall–Kier alpha value is -3.15. The Kier molecular flexibility index (Phi) is 3.89. The van der Waals surface area contributed by atoms with E-state index in [9.17, 15) is 0 Å². The molecule has 5 rings (SSSR count). The number of benzene rings is 2. The molecule has 2 aromatic heterocycles. The van der Waals surface area contributed by atoms with Crippen LogP contribution in [-0.2, 0) is 0 Å². The summed E-state index contributed by atoms with van der Waals surface area (Å²) in [6, 6.07) is 14.8. The summed E-state index contributed by atoms with van der Waals surface area (Å²) in [6.07, 6.45) is 5.49. The lowest BCUT2D eigenvalue weighted by Crippen LogP contribution is -2.41. The van der Waals surface area contributed by atoms with Gasteiger partial charge in [0.15, 0.2) is 11.5 Å². The summed E-state index contributed by atoms with van der Waals surface area (Å²) >= 11 is 0. The molecule has 0 radical (unpaired) electrons. The molecular weight excluding hydrogens is 338 g/mol. The molecule has 1 saturated heterocycles. The number of nitrogens with one attached hydrogen (secondary N) is 1. The third-order valence-electron chi connectivity index (χ3n) is 5.38. The number of aromatic amines is 1. The maximum absolute atomic E-state index is 6.45. The lowest BCUT2D eigenvalue weighted by atomic mass is 10.1. The third kappa shape index (κ3) is 2.77. The molecule has 0 aliphatic carbocycles. The predicted molar refractivity (Wildman–Crippen MR) is 106 cm³/mol. The highest BCUT2D eigenvalue weighted by atomic mass is 16.5. The molecule has 2 unspecified atom stereocenters. The number of nitrogens with zero attached hydrogens (tertiary/aromatic N) is 4. The maximum atomic E-state index is 6.45. The highest BCUT2D eigenvalue weighted by Crippen LogP contribution is 2.32. The average Bonchev–Trinajstić information content (AvgIpc) is 3.37. The van der Waals surface area contributed by atoms with Gasteiger partial charge in [-0.05, 0) is 31.2 Å². The van der Waals surface area contributed by atoms with Crippen LogP contribution in [0.3, 0.4) is 0 Å². The van der Waals surface area contributed by atoms with Crippen molar-refractivity contribution in [3.63, 3.8) is 0 Å². The Morgan fingerprint density at radius 2 is 2.00 bits per heavy atom. The SMILES string of the molecule is CC(Oc1cccc2ccccc12)C1CCCN1c1ncnc2nc[nH]c12. The van der Waals surface area contributed by atoms with E-state index in [0.717, 1.165) is 41.9 Å². The van der Waals surface area contributed by atoms with E-state index in [0.29, 0.717) is 5.65 Å². The van der Waals surface area contributed by atoms with Gasteiger partial charge < -0.3 is 14.6 Å². The molecule has 0 amide bonds. The molecule has 1 aliphatic rings. The molecule has 6 nitrogen and oxygen atoms in total. The van der Waals surface area contributed by atoms with Crippen molar-refractivity contribution in [3.8, 4) is 5.75 Å². The summed E-state index contributed by atoms with van der Waals surface area (Å²) in [5.74, 6) is 1.84. The van der Waals surface area contributed by atoms with Gasteiger partial charge in [-0.2, -0.15) is 0 Å². The van der Waals surface area contributed by atoms with Crippen LogP contribution < -0.4 is 9.64 Å². The molecule has 27 heavy (non-hydrogen) atoms. The Labute approximate surface area is 157 Å². The lowest BCUT2D eigenvalue weighted by Gasteiger charge is -2.31. The van der Waals surface area contributed by atoms with Crippen LogP contribution >= 0.6 is 0 Å². The van der Waals surface area contributed by atoms with Crippen molar-refractivity contribution in [1.29, 1.82) is 0 Å². The molecule has 0 bridgehead atoms. The maximum Gasteiger partial charge on any atom is 0.182 e. The molecule has 2 aromatic carbocycles. The van der Waals surface area contributed by atoms with Crippen molar-refractivity contribution in [2.24, 2.45) is 0 Å². The number of anilines is 1. The zero-order valence-electron chi connectivity index (χ0n) is 15.2. The molecule has 136 valence electrons. The first-order chi connectivity index (χ1) is 13.3. The van der Waals surface area contributed by atoms with Gasteiger partial charge in [0.2, 0.25) is 0 Å². The van der Waals surface area contributed by atoms with Gasteiger partial charge in [-0.25, -0.2) is 15.0 Å². The van der Waals surface area contributed by atoms with E-state index in [1.165, 1.54) is 5.39 Å². The van der Waals surface area contributed by atoms with Gasteiger partial charge in [-0.1, -0.05) is 36.4 Å². The molecule has 1 fully saturated rings. The Balaban J connectivity index is 1.45. The second-order valence-electron chi connectivity index (χ2n) is 7.00. The topological polar surface area (TPSA) is 66.9 Å². The Morgan fingerprint density at radius 1 is 1.11 bits per heavy atom. The van der Waals surface area contributed by atoms with Crippen LogP contribution in [0.4, 0.5) is 5.82 Å². The fourth-order valence-electron chi connectivity index (χ4n) is 4.09. The minimum atomic E-state index is 0.0336. The standard InChI is InChI=1S/C21H21N5O/c1-14(27-18-10-4-7-15-6-2-3-8-16(15)18)17-9-5-11-26(17)21-19-20(23-12-22-19)24-13-25-21/h2-4,6-8,10,12-14,17H,5,9,11H2,1H3,(H,22,23,24,25). The zero-order valence-corrected chi connectivity index (χ0v) is 15.2. The fourth-order valence-corrected chi connectivity index (χ4v) is 4.09. The molecule has 0 saturated carbocycles. The minimum absolute atomic E-state index is 0.0336. The van der Waals surface area contributed by atoms with Gasteiger partial charge in [-0.3, -0.25) is 0 Å². The van der Waals surface area contributed by atoms with Crippen molar-refractivity contribution < 1.29 is 4.74 Å². The summed E-state index contributed by atoms with van der Waals surface area (Å²) in [5, 5.41) is 2.34. The number of hydrogen-bond donors (Lipinski definition) is 1. The number of ether oxygens (including phenoxy) is 1. The molecule has 6 heteroatoms. The lowest BCUT2D eigenvalue weighted by molar-refractivity contribution is 0.192. The van der Waals surface area contributed by atoms with Crippen LogP contribution in [0.1, 0.15) is 19.8 Å². The van der Waals surface area contributed by atoms with Gasteiger partial charge in [-0.15, -0.1) is 0 Å². The zero-order chi connectivity index (χ0) is 18.2. The molecular formula is C21H21N5O. The number of aromatic nitrogens is 4. The van der Waals surface area contributed by atoms with Gasteiger partial charge in [0.1, 0.15) is 23.7 Å². The minimum Gasteiger partial charge on any atom is -0.488 e. The van der Waals surface area contributed by atoms with Crippen molar-refractivity contribution in [1.82, 2.24) is 19.9 Å². The molecule has 0 spiro atoms. The average molecular weight is 359 g/mol. The van der Waals surface area contributed by atoms with Gasteiger partial charge in [0.25, 0.3) is 0 Å². The second kappa shape index (κ2) is 6.54. The molecule has 1 N–H and O–H groups in total. The van der Waals surface area contributed by atoms with Crippen LogP contribution in [0.2, 0.25) is 0 Å². The molecule has 1 aliphatic heterocycles. The predicted octanol–water partition coefficient (Wildman–Crippen LogP) is 3.94. The first-order valence-electron chi connectivity index (χ1n) is 9.36. The van der Waals surface area contributed by atoms with Crippen LogP contribution in [-0.4, -0.2) is 38.6 Å². The van der Waals surface area contributed by atoms with E-state index in [-0.39, 0.29) is 12.1 Å². The number of rotatable bonds is 4. The Morgan fingerprint density at radius 3 is 2.96 bits per heavy atom. The first kappa shape index (κ1) is 16.1. The second-order valence-corrected chi connectivity index (χ2v) is 7.00. The third-order valence-corrected chi connectivity index (χ3v) is 5.38. The van der Waals surface area contributed by atoms with E-state index in [4.69, 9.17) is 4.74 Å². The van der Waals surface area contributed by atoms with Crippen molar-refractivity contribution in [2.75, 3.05) is 11.4 Å². The monoisotopic (exact) mass is 359 g/mol. The summed E-state index contributed by atoms with van der Waals surface area (Å²) < 4.78 is 6.45. The van der Waals surface area contributed by atoms with E-state index in [1.54, 1.807) is 12.7 Å². The van der Waals surface area contributed by atoms with Crippen molar-refractivity contribution >= 4 is 27.8 Å². The quantitative estimate of drug-likeness (QED) is 0.598. The van der Waals surface area contributed by atoms with Crippen molar-refractivity contribution in [2.45, 2.75) is 31.9 Å². The summed E-state index contributed by atoms with van der Waals surface area (Å²) in [4.78, 5) is 18.5. The van der Waals surface area contributed by atoms with E-state index < -0.39 is 0 Å². The van der Waals surface area contributed by atoms with Gasteiger partial charge in [0.05, 0.1) is 12.4 Å². The van der Waals surface area contributed by atoms with E-state index >= 15 is 0 Å². The Bertz CT molecular complexity index is 1090. The smallest absolute Gasteiger partial charge is 0.182 e. The number of fused-ring (bicyclic) bond motifs is 2. The summed E-state index contributed by atoms with van der Waals surface area (Å²) in [7, 11) is 0. The van der Waals surface area contributed by atoms with E-state index in [2.05, 4.69) is 74.2 Å². The van der Waals surface area contributed by atoms with Crippen LogP contribution in [0.5, 0.6) is 5.75 Å². The largest absolute Gasteiger partial charge is 0.488 e. The summed E-state index contributed by atoms with van der Waals surface area (Å²) in [6.45, 7) is 3.11. The molecule has 2 atom stereocenters. The van der Waals surface area contributed by atoms with Crippen LogP contribution in [0.25, 0.3) is 21.9 Å². The number of H-pyrrole nitrogens is 1. The van der Waals surface area contributed by atoms with Crippen LogP contribution in [0.15, 0.2) is 55.1 Å². The molecule has 4 aromatic rings. The van der Waals surface area contributed by atoms with Gasteiger partial charge >= 0.3 is 0 Å². The number of hydrogen-bond acceptors (Lipinski definition) is 5. The summed E-state index contributed by atoms with van der Waals surface area (Å²) in [5.41, 5.74) is 1.59. The molecule has 3 heterocycles. The van der Waals surface area contributed by atoms with Crippen LogP contribution in [0, 0.1) is 0 Å². The normalized spacial score (nSPS) is 18.3. The highest BCUT2D eigenvalue weighted by molar-refractivity contribution is 5.88. The highest BCUT2D eigenvalue weighted by Gasteiger charge is 2.33. The van der Waals surface area contributed by atoms with Crippen molar-refractivity contribution in [3.05, 3.63) is 55.1 Å². The first-order valence-corrected chi connectivity index (χ1v) is 9.36.